The Morgan fingerprint density at radius 3 is 2.90 bits per heavy atom. The van der Waals surface area contributed by atoms with Crippen LogP contribution in [0.5, 0.6) is 0 Å². The second-order valence-electron chi connectivity index (χ2n) is 4.75. The Hall–Kier alpha value is -1.35. The Morgan fingerprint density at radius 1 is 1.45 bits per heavy atom. The van der Waals surface area contributed by atoms with Gasteiger partial charge in [-0.25, -0.2) is 0 Å². The van der Waals surface area contributed by atoms with Gasteiger partial charge in [0.2, 0.25) is 0 Å². The van der Waals surface area contributed by atoms with Crippen molar-refractivity contribution in [2.45, 2.75) is 6.92 Å². The van der Waals surface area contributed by atoms with Crippen LogP contribution in [0.3, 0.4) is 0 Å². The number of hydrogen-bond acceptors (Lipinski definition) is 3. The third kappa shape index (κ3) is 4.64. The van der Waals surface area contributed by atoms with Crippen LogP contribution in [0.1, 0.15) is 5.56 Å². The van der Waals surface area contributed by atoms with Crippen molar-refractivity contribution in [2.24, 2.45) is 0 Å². The first-order valence-electron chi connectivity index (χ1n) is 6.64. The average Bonchev–Trinajstić information content (AvgIpc) is 2.44. The van der Waals surface area contributed by atoms with Gasteiger partial charge in [-0.3, -0.25) is 9.69 Å². The fourth-order valence-electron chi connectivity index (χ4n) is 1.93. The molecule has 1 aliphatic rings. The van der Waals surface area contributed by atoms with Crippen LogP contribution in [0, 0.1) is 18.8 Å². The number of anilines is 1. The van der Waals surface area contributed by atoms with E-state index in [1.165, 1.54) is 0 Å². The molecule has 0 aliphatic carbocycles. The highest BCUT2D eigenvalue weighted by atomic mass is 79.9. The lowest BCUT2D eigenvalue weighted by atomic mass is 10.2. The van der Waals surface area contributed by atoms with E-state index in [0.717, 1.165) is 41.9 Å². The van der Waals surface area contributed by atoms with E-state index in [0.29, 0.717) is 6.54 Å². The summed E-state index contributed by atoms with van der Waals surface area (Å²) >= 11 is 3.44. The monoisotopic (exact) mass is 335 g/mol. The molecule has 1 heterocycles. The predicted octanol–water partition coefficient (Wildman–Crippen LogP) is 1.60. The van der Waals surface area contributed by atoms with E-state index >= 15 is 0 Å². The fourth-order valence-corrected chi connectivity index (χ4v) is 2.31. The number of halogens is 1. The lowest BCUT2D eigenvalue weighted by molar-refractivity contribution is -0.111. The Balaban J connectivity index is 1.84. The molecule has 1 aromatic rings. The van der Waals surface area contributed by atoms with Gasteiger partial charge in [-0.1, -0.05) is 27.9 Å². The number of benzene rings is 1. The Morgan fingerprint density at radius 2 is 2.20 bits per heavy atom. The average molecular weight is 336 g/mol. The summed E-state index contributed by atoms with van der Waals surface area (Å²) in [5.41, 5.74) is 1.89. The molecule has 5 heteroatoms. The van der Waals surface area contributed by atoms with Crippen LogP contribution >= 0.6 is 15.9 Å². The second-order valence-corrected chi connectivity index (χ2v) is 5.60. The van der Waals surface area contributed by atoms with Crippen LogP contribution in [0.2, 0.25) is 0 Å². The number of nitrogens with zero attached hydrogens (tertiary/aromatic N) is 1. The summed E-state index contributed by atoms with van der Waals surface area (Å²) in [4.78, 5) is 14.0. The van der Waals surface area contributed by atoms with Gasteiger partial charge >= 0.3 is 0 Å². The van der Waals surface area contributed by atoms with Gasteiger partial charge < -0.3 is 10.6 Å². The third-order valence-electron chi connectivity index (χ3n) is 3.14. The summed E-state index contributed by atoms with van der Waals surface area (Å²) in [6, 6.07) is 5.70. The minimum Gasteiger partial charge on any atom is -0.315 e. The number of amides is 1. The minimum atomic E-state index is -0.268. The topological polar surface area (TPSA) is 44.4 Å². The highest BCUT2D eigenvalue weighted by Crippen LogP contribution is 2.20. The van der Waals surface area contributed by atoms with Crippen molar-refractivity contribution in [3.05, 3.63) is 28.2 Å². The van der Waals surface area contributed by atoms with Gasteiger partial charge in [0.1, 0.15) is 0 Å². The Labute approximate surface area is 128 Å². The fraction of sp³-hybridized carbons (Fsp3) is 0.400. The van der Waals surface area contributed by atoms with Crippen molar-refractivity contribution in [1.29, 1.82) is 0 Å². The van der Waals surface area contributed by atoms with Gasteiger partial charge in [0, 0.05) is 36.3 Å². The lowest BCUT2D eigenvalue weighted by Crippen LogP contribution is -2.43. The number of rotatable bonds is 2. The van der Waals surface area contributed by atoms with Crippen molar-refractivity contribution in [2.75, 3.05) is 38.0 Å². The number of aryl methyl sites for hydroxylation is 1. The molecule has 0 bridgehead atoms. The van der Waals surface area contributed by atoms with Crippen LogP contribution in [0.25, 0.3) is 0 Å². The normalized spacial score (nSPS) is 15.3. The first-order chi connectivity index (χ1) is 9.65. The highest BCUT2D eigenvalue weighted by molar-refractivity contribution is 9.10. The van der Waals surface area contributed by atoms with E-state index in [9.17, 15) is 4.79 Å². The van der Waals surface area contributed by atoms with Gasteiger partial charge in [-0.05, 0) is 30.5 Å². The van der Waals surface area contributed by atoms with E-state index in [1.807, 2.05) is 25.1 Å². The number of nitrogens with one attached hydrogen (secondary N) is 2. The lowest BCUT2D eigenvalue weighted by Gasteiger charge is -2.24. The standard InChI is InChI=1S/C15H18BrN3O/c1-12-4-5-13(11-14(12)16)18-15(20)3-2-8-19-9-6-17-7-10-19/h4-5,11,17H,6-10H2,1H3,(H,18,20). The molecule has 106 valence electrons. The second kappa shape index (κ2) is 7.44. The predicted molar refractivity (Wildman–Crippen MR) is 84.6 cm³/mol. The summed E-state index contributed by atoms with van der Waals surface area (Å²) in [5, 5.41) is 6.06. The molecular formula is C15H18BrN3O. The molecule has 0 unspecified atom stereocenters. The molecule has 2 rings (SSSR count). The number of carbonyl (C=O) groups is 1. The number of hydrogen-bond donors (Lipinski definition) is 2. The molecule has 0 saturated carbocycles. The summed E-state index contributed by atoms with van der Waals surface area (Å²) in [7, 11) is 0. The maximum absolute atomic E-state index is 11.7. The molecule has 1 aromatic carbocycles. The molecular weight excluding hydrogens is 318 g/mol. The highest BCUT2D eigenvalue weighted by Gasteiger charge is 2.07. The smallest absolute Gasteiger partial charge is 0.300 e. The van der Waals surface area contributed by atoms with Crippen LogP contribution in [0.4, 0.5) is 5.69 Å². The zero-order chi connectivity index (χ0) is 14.4. The van der Waals surface area contributed by atoms with E-state index in [2.05, 4.69) is 43.3 Å². The molecule has 20 heavy (non-hydrogen) atoms. The van der Waals surface area contributed by atoms with Crippen molar-refractivity contribution in [3.8, 4) is 11.8 Å². The zero-order valence-electron chi connectivity index (χ0n) is 11.5. The van der Waals surface area contributed by atoms with Gasteiger partial charge in [-0.15, -0.1) is 0 Å². The van der Waals surface area contributed by atoms with Crippen LogP contribution in [-0.2, 0) is 4.79 Å². The molecule has 0 atom stereocenters. The van der Waals surface area contributed by atoms with Crippen molar-refractivity contribution < 1.29 is 4.79 Å². The quantitative estimate of drug-likeness (QED) is 0.807. The van der Waals surface area contributed by atoms with Gasteiger partial charge in [0.25, 0.3) is 5.91 Å². The van der Waals surface area contributed by atoms with Crippen molar-refractivity contribution >= 4 is 27.5 Å². The summed E-state index contributed by atoms with van der Waals surface area (Å²) < 4.78 is 0.976. The van der Waals surface area contributed by atoms with Gasteiger partial charge in [-0.2, -0.15) is 0 Å². The maximum Gasteiger partial charge on any atom is 0.300 e. The minimum absolute atomic E-state index is 0.268. The summed E-state index contributed by atoms with van der Waals surface area (Å²) in [5.74, 6) is 5.29. The van der Waals surface area contributed by atoms with Crippen molar-refractivity contribution in [1.82, 2.24) is 10.2 Å². The SMILES string of the molecule is Cc1ccc(NC(=O)C#CCN2CCNCC2)cc1Br. The summed E-state index contributed by atoms with van der Waals surface area (Å²) in [6.07, 6.45) is 0. The molecule has 0 spiro atoms. The Kier molecular flexibility index (Phi) is 5.60. The molecule has 1 aliphatic heterocycles. The molecule has 1 amide bonds. The van der Waals surface area contributed by atoms with Gasteiger partial charge in [0.05, 0.1) is 6.54 Å². The first kappa shape index (κ1) is 15.0. The van der Waals surface area contributed by atoms with E-state index in [4.69, 9.17) is 0 Å². The van der Waals surface area contributed by atoms with Gasteiger partial charge in [0.15, 0.2) is 0 Å². The number of carbonyl (C=O) groups excluding carboxylic acids is 1. The van der Waals surface area contributed by atoms with Crippen LogP contribution in [-0.4, -0.2) is 43.5 Å². The third-order valence-corrected chi connectivity index (χ3v) is 4.00. The van der Waals surface area contributed by atoms with E-state index < -0.39 is 0 Å². The zero-order valence-corrected chi connectivity index (χ0v) is 13.1. The summed E-state index contributed by atoms with van der Waals surface area (Å²) in [6.45, 7) is 6.61. The molecule has 1 fully saturated rings. The maximum atomic E-state index is 11.7. The van der Waals surface area contributed by atoms with E-state index in [-0.39, 0.29) is 5.91 Å². The van der Waals surface area contributed by atoms with Crippen LogP contribution in [0.15, 0.2) is 22.7 Å². The molecule has 0 aromatic heterocycles. The molecule has 4 nitrogen and oxygen atoms in total. The Bertz CT molecular complexity index is 542. The molecule has 0 radical (unpaired) electrons. The molecule has 1 saturated heterocycles. The molecule has 2 N–H and O–H groups in total. The number of piperazine rings is 1. The van der Waals surface area contributed by atoms with Crippen LogP contribution < -0.4 is 10.6 Å². The van der Waals surface area contributed by atoms with Crippen molar-refractivity contribution in [3.63, 3.8) is 0 Å². The van der Waals surface area contributed by atoms with E-state index in [1.54, 1.807) is 0 Å². The largest absolute Gasteiger partial charge is 0.315 e. The first-order valence-corrected chi connectivity index (χ1v) is 7.43.